The van der Waals surface area contributed by atoms with Crippen molar-refractivity contribution >= 4 is 18.0 Å². The molecule has 10 nitrogen and oxygen atoms in total. The van der Waals surface area contributed by atoms with Gasteiger partial charge < -0.3 is 9.64 Å². The van der Waals surface area contributed by atoms with Crippen LogP contribution in [0, 0.1) is 0 Å². The normalized spacial score (nSPS) is 30.0. The summed E-state index contributed by atoms with van der Waals surface area (Å²) in [5.41, 5.74) is 1.58. The fourth-order valence-electron chi connectivity index (χ4n) is 3.76. The van der Waals surface area contributed by atoms with Crippen molar-refractivity contribution < 1.29 is 33.6 Å². The van der Waals surface area contributed by atoms with Gasteiger partial charge >= 0.3 is 12.1 Å². The van der Waals surface area contributed by atoms with E-state index in [0.717, 1.165) is 0 Å². The Bertz CT molecular complexity index is 642. The Kier molecular flexibility index (Phi) is 5.67. The second-order valence-electron chi connectivity index (χ2n) is 8.42. The highest BCUT2D eigenvalue weighted by atomic mass is 19.1. The fourth-order valence-corrected chi connectivity index (χ4v) is 3.76. The molecule has 0 aromatic heterocycles. The quantitative estimate of drug-likeness (QED) is 0.537. The van der Waals surface area contributed by atoms with Crippen LogP contribution in [0.2, 0.25) is 0 Å². The number of likely N-dealkylation sites (tertiary alicyclic amines) is 1. The molecule has 0 aromatic carbocycles. The summed E-state index contributed by atoms with van der Waals surface area (Å²) in [6.45, 7) is 5.27. The van der Waals surface area contributed by atoms with Crippen LogP contribution in [0.4, 0.5) is 14.0 Å². The summed E-state index contributed by atoms with van der Waals surface area (Å²) in [5.74, 6) is -0.513. The van der Waals surface area contributed by atoms with Gasteiger partial charge in [-0.1, -0.05) is 0 Å². The van der Waals surface area contributed by atoms with E-state index in [4.69, 9.17) is 9.57 Å². The Morgan fingerprint density at radius 1 is 1.29 bits per heavy atom. The van der Waals surface area contributed by atoms with Crippen LogP contribution in [0.3, 0.4) is 0 Å². The minimum absolute atomic E-state index is 0.0876. The maximum Gasteiger partial charge on any atom is 0.410 e. The number of hydrogen-bond donors (Lipinski definition) is 2. The first-order valence-corrected chi connectivity index (χ1v) is 9.41. The SMILES string of the molecule is CC(C)(C)OC(=O)N1CC(F)CC1CONC(=O)[C@@H]1CC[C@@H]2CN1C(=O)N2O. The van der Waals surface area contributed by atoms with E-state index in [2.05, 4.69) is 5.48 Å². The van der Waals surface area contributed by atoms with E-state index in [9.17, 15) is 24.0 Å². The van der Waals surface area contributed by atoms with Crippen LogP contribution >= 0.6 is 0 Å². The summed E-state index contributed by atoms with van der Waals surface area (Å²) < 4.78 is 19.1. The zero-order valence-corrected chi connectivity index (χ0v) is 16.3. The Morgan fingerprint density at radius 2 is 2.00 bits per heavy atom. The third-order valence-corrected chi connectivity index (χ3v) is 5.09. The number of carbonyl (C=O) groups is 3. The number of amides is 4. The highest BCUT2D eigenvalue weighted by Crippen LogP contribution is 2.28. The lowest BCUT2D eigenvalue weighted by Gasteiger charge is -2.30. The van der Waals surface area contributed by atoms with E-state index in [1.165, 1.54) is 9.80 Å². The molecule has 4 atom stereocenters. The second-order valence-corrected chi connectivity index (χ2v) is 8.42. The van der Waals surface area contributed by atoms with Crippen LogP contribution in [0.5, 0.6) is 0 Å². The van der Waals surface area contributed by atoms with Crippen molar-refractivity contribution in [1.82, 2.24) is 20.3 Å². The monoisotopic (exact) mass is 402 g/mol. The molecule has 0 aliphatic carbocycles. The fraction of sp³-hybridized carbons (Fsp3) is 0.824. The summed E-state index contributed by atoms with van der Waals surface area (Å²) in [4.78, 5) is 44.3. The van der Waals surface area contributed by atoms with Crippen LogP contribution in [0.1, 0.15) is 40.0 Å². The molecule has 158 valence electrons. The van der Waals surface area contributed by atoms with Gasteiger partial charge in [-0.15, -0.1) is 0 Å². The van der Waals surface area contributed by atoms with Gasteiger partial charge in [0.15, 0.2) is 0 Å². The first-order valence-electron chi connectivity index (χ1n) is 9.41. The maximum atomic E-state index is 13.8. The van der Waals surface area contributed by atoms with E-state index in [1.54, 1.807) is 20.8 Å². The average Bonchev–Trinajstić information content (AvgIpc) is 3.07. The van der Waals surface area contributed by atoms with Gasteiger partial charge in [0.05, 0.1) is 25.2 Å². The molecule has 0 aromatic rings. The number of fused-ring (bicyclic) bond motifs is 2. The molecule has 28 heavy (non-hydrogen) atoms. The van der Waals surface area contributed by atoms with E-state index in [-0.39, 0.29) is 32.2 Å². The molecule has 2 N–H and O–H groups in total. The highest BCUT2D eigenvalue weighted by molar-refractivity contribution is 5.87. The Labute approximate surface area is 162 Å². The molecule has 3 aliphatic rings. The molecule has 3 aliphatic heterocycles. The molecule has 2 bridgehead atoms. The van der Waals surface area contributed by atoms with Gasteiger partial charge in [-0.2, -0.15) is 0 Å². The van der Waals surface area contributed by atoms with Crippen molar-refractivity contribution in [3.05, 3.63) is 0 Å². The number of alkyl halides is 1. The summed E-state index contributed by atoms with van der Waals surface area (Å²) in [6.07, 6.45) is -0.816. The van der Waals surface area contributed by atoms with Crippen LogP contribution in [-0.2, 0) is 14.4 Å². The number of urea groups is 1. The number of halogens is 1. The van der Waals surface area contributed by atoms with E-state index < -0.39 is 41.9 Å². The minimum Gasteiger partial charge on any atom is -0.444 e. The Hall–Kier alpha value is -2.14. The van der Waals surface area contributed by atoms with Crippen LogP contribution in [-0.4, -0.2) is 87.7 Å². The third kappa shape index (κ3) is 4.30. The van der Waals surface area contributed by atoms with Crippen LogP contribution in [0.15, 0.2) is 0 Å². The van der Waals surface area contributed by atoms with Crippen molar-refractivity contribution in [2.24, 2.45) is 0 Å². The number of nitrogens with one attached hydrogen (secondary N) is 1. The summed E-state index contributed by atoms with van der Waals surface area (Å²) in [6, 6.07) is -2.20. The smallest absolute Gasteiger partial charge is 0.410 e. The minimum atomic E-state index is -1.19. The lowest BCUT2D eigenvalue weighted by atomic mass is 10.0. The van der Waals surface area contributed by atoms with Gasteiger partial charge in [0, 0.05) is 13.0 Å². The molecule has 3 rings (SSSR count). The van der Waals surface area contributed by atoms with Crippen molar-refractivity contribution in [3.8, 4) is 0 Å². The molecule has 3 heterocycles. The van der Waals surface area contributed by atoms with Gasteiger partial charge in [-0.25, -0.2) is 24.5 Å². The van der Waals surface area contributed by atoms with Crippen LogP contribution < -0.4 is 5.48 Å². The topological polar surface area (TPSA) is 112 Å². The van der Waals surface area contributed by atoms with Gasteiger partial charge in [-0.05, 0) is 33.6 Å². The number of nitrogens with zero attached hydrogens (tertiary/aromatic N) is 3. The molecule has 0 radical (unpaired) electrons. The second kappa shape index (κ2) is 7.70. The number of hydrogen-bond acceptors (Lipinski definition) is 6. The number of hydroxylamine groups is 3. The predicted octanol–water partition coefficient (Wildman–Crippen LogP) is 1.04. The van der Waals surface area contributed by atoms with E-state index in [0.29, 0.717) is 17.9 Å². The first kappa shape index (κ1) is 20.6. The Balaban J connectivity index is 1.50. The number of piperidine rings is 1. The molecule has 3 fully saturated rings. The van der Waals surface area contributed by atoms with Crippen LogP contribution in [0.25, 0.3) is 0 Å². The lowest BCUT2D eigenvalue weighted by Crippen LogP contribution is -2.50. The molecule has 4 amide bonds. The molecular weight excluding hydrogens is 375 g/mol. The van der Waals surface area contributed by atoms with Crippen molar-refractivity contribution in [1.29, 1.82) is 0 Å². The zero-order chi connectivity index (χ0) is 20.6. The van der Waals surface area contributed by atoms with Crippen molar-refractivity contribution in [2.75, 3.05) is 19.7 Å². The molecule has 0 spiro atoms. The van der Waals surface area contributed by atoms with E-state index >= 15 is 0 Å². The number of carbonyl (C=O) groups excluding carboxylic acids is 3. The molecular formula is C17H27FN4O6. The van der Waals surface area contributed by atoms with Gasteiger partial charge in [0.1, 0.15) is 17.8 Å². The maximum absolute atomic E-state index is 13.8. The van der Waals surface area contributed by atoms with Gasteiger partial charge in [0.2, 0.25) is 0 Å². The predicted molar refractivity (Wildman–Crippen MR) is 92.9 cm³/mol. The molecule has 3 saturated heterocycles. The third-order valence-electron chi connectivity index (χ3n) is 5.09. The lowest BCUT2D eigenvalue weighted by molar-refractivity contribution is -0.140. The first-order chi connectivity index (χ1) is 13.1. The van der Waals surface area contributed by atoms with E-state index in [1.807, 2.05) is 0 Å². The van der Waals surface area contributed by atoms with Gasteiger partial charge in [-0.3, -0.25) is 19.7 Å². The summed E-state index contributed by atoms with van der Waals surface area (Å²) in [5, 5.41) is 10.3. The highest BCUT2D eigenvalue weighted by Gasteiger charge is 2.47. The number of ether oxygens (including phenoxy) is 1. The molecule has 11 heteroatoms. The largest absolute Gasteiger partial charge is 0.444 e. The zero-order valence-electron chi connectivity index (χ0n) is 16.3. The Morgan fingerprint density at radius 3 is 2.68 bits per heavy atom. The standard InChI is InChI=1S/C17H27FN4O6/c1-17(2,3)28-16(25)20-7-10(18)6-12(20)9-27-19-14(23)13-5-4-11-8-21(13)15(24)22(11)26/h10-13,26H,4-9H2,1-3H3,(H,19,23)/t10?,11-,12?,13+/m1/s1. The summed E-state index contributed by atoms with van der Waals surface area (Å²) in [7, 11) is 0. The average molecular weight is 402 g/mol. The summed E-state index contributed by atoms with van der Waals surface area (Å²) >= 11 is 0. The number of rotatable bonds is 4. The van der Waals surface area contributed by atoms with Gasteiger partial charge in [0.25, 0.3) is 5.91 Å². The van der Waals surface area contributed by atoms with Crippen molar-refractivity contribution in [2.45, 2.75) is 69.9 Å². The molecule has 2 unspecified atom stereocenters. The molecule has 0 saturated carbocycles. The van der Waals surface area contributed by atoms with Crippen molar-refractivity contribution in [3.63, 3.8) is 0 Å².